The molecule has 11 heteroatoms. The molecule has 0 bridgehead atoms. The zero-order valence-corrected chi connectivity index (χ0v) is 18.2. The van der Waals surface area contributed by atoms with Gasteiger partial charge < -0.3 is 24.2 Å². The third kappa shape index (κ3) is 4.25. The maximum absolute atomic E-state index is 5.71. The Morgan fingerprint density at radius 3 is 2.73 bits per heavy atom. The van der Waals surface area contributed by atoms with Crippen LogP contribution in [0.25, 0.3) is 11.4 Å². The number of ether oxygens (including phenoxy) is 2. The van der Waals surface area contributed by atoms with Crippen LogP contribution in [0.5, 0.6) is 11.8 Å². The Labute approximate surface area is 189 Å². The Morgan fingerprint density at radius 2 is 1.91 bits per heavy atom. The topological polar surface area (TPSA) is 124 Å². The van der Waals surface area contributed by atoms with E-state index in [1.165, 1.54) is 0 Å². The van der Waals surface area contributed by atoms with Crippen molar-refractivity contribution >= 4 is 17.6 Å². The first-order valence-electron chi connectivity index (χ1n) is 10.4. The van der Waals surface area contributed by atoms with Crippen LogP contribution in [0.15, 0.2) is 53.4 Å². The molecule has 1 unspecified atom stereocenters. The predicted molar refractivity (Wildman–Crippen MR) is 120 cm³/mol. The van der Waals surface area contributed by atoms with Crippen LogP contribution in [-0.2, 0) is 0 Å². The molecule has 33 heavy (non-hydrogen) atoms. The third-order valence-corrected chi connectivity index (χ3v) is 5.29. The van der Waals surface area contributed by atoms with Crippen molar-refractivity contribution in [1.29, 1.82) is 0 Å². The summed E-state index contributed by atoms with van der Waals surface area (Å²) >= 11 is 0. The predicted octanol–water partition coefficient (Wildman–Crippen LogP) is 3.42. The van der Waals surface area contributed by atoms with Gasteiger partial charge in [-0.15, -0.1) is 0 Å². The third-order valence-electron chi connectivity index (χ3n) is 5.29. The van der Waals surface area contributed by atoms with Crippen LogP contribution in [0.1, 0.15) is 24.6 Å². The highest BCUT2D eigenvalue weighted by molar-refractivity contribution is 5.60. The second-order valence-corrected chi connectivity index (χ2v) is 7.32. The van der Waals surface area contributed by atoms with Crippen LogP contribution in [-0.4, -0.2) is 50.8 Å². The molecule has 1 aliphatic heterocycles. The van der Waals surface area contributed by atoms with E-state index in [1.807, 2.05) is 24.3 Å². The van der Waals surface area contributed by atoms with Crippen molar-refractivity contribution in [2.24, 2.45) is 0 Å². The fourth-order valence-corrected chi connectivity index (χ4v) is 3.79. The summed E-state index contributed by atoms with van der Waals surface area (Å²) in [5, 5.41) is 7.41. The van der Waals surface area contributed by atoms with Crippen molar-refractivity contribution in [3.63, 3.8) is 0 Å². The lowest BCUT2D eigenvalue weighted by Crippen LogP contribution is -2.24. The molecule has 11 nitrogen and oxygen atoms in total. The SMILES string of the molecule is COc1cc(Nc2ccccn2)nc(N2CCCC2c2cc(-c3nccnc3OC)no2)n1. The summed E-state index contributed by atoms with van der Waals surface area (Å²) in [6.07, 6.45) is 6.70. The van der Waals surface area contributed by atoms with Crippen LogP contribution in [0.2, 0.25) is 0 Å². The molecular weight excluding hydrogens is 424 g/mol. The summed E-state index contributed by atoms with van der Waals surface area (Å²) < 4.78 is 16.4. The highest BCUT2D eigenvalue weighted by Gasteiger charge is 2.32. The van der Waals surface area contributed by atoms with E-state index in [4.69, 9.17) is 19.0 Å². The van der Waals surface area contributed by atoms with Gasteiger partial charge >= 0.3 is 0 Å². The molecule has 0 saturated carbocycles. The number of hydrogen-bond acceptors (Lipinski definition) is 11. The van der Waals surface area contributed by atoms with Gasteiger partial charge in [0.1, 0.15) is 17.3 Å². The zero-order valence-electron chi connectivity index (χ0n) is 18.2. The van der Waals surface area contributed by atoms with E-state index >= 15 is 0 Å². The monoisotopic (exact) mass is 446 g/mol. The largest absolute Gasteiger partial charge is 0.481 e. The van der Waals surface area contributed by atoms with Gasteiger partial charge in [0.05, 0.1) is 20.3 Å². The quantitative estimate of drug-likeness (QED) is 0.449. The van der Waals surface area contributed by atoms with Gasteiger partial charge in [-0.25, -0.2) is 15.0 Å². The van der Waals surface area contributed by atoms with Crippen LogP contribution < -0.4 is 19.7 Å². The van der Waals surface area contributed by atoms with Crippen LogP contribution in [0.3, 0.4) is 0 Å². The average Bonchev–Trinajstić information content (AvgIpc) is 3.54. The first kappa shape index (κ1) is 20.6. The molecule has 1 aliphatic rings. The number of hydrogen-bond donors (Lipinski definition) is 1. The number of nitrogens with one attached hydrogen (secondary N) is 1. The number of pyridine rings is 1. The minimum absolute atomic E-state index is 0.0799. The number of nitrogens with zero attached hydrogens (tertiary/aromatic N) is 7. The number of aromatic nitrogens is 6. The second kappa shape index (κ2) is 9.07. The van der Waals surface area contributed by atoms with E-state index in [9.17, 15) is 0 Å². The Kier molecular flexibility index (Phi) is 5.66. The van der Waals surface area contributed by atoms with Crippen molar-refractivity contribution in [3.05, 3.63) is 54.7 Å². The lowest BCUT2D eigenvalue weighted by atomic mass is 10.1. The molecule has 1 atom stereocenters. The summed E-state index contributed by atoms with van der Waals surface area (Å²) in [7, 11) is 3.12. The van der Waals surface area contributed by atoms with Crippen LogP contribution in [0.4, 0.5) is 17.6 Å². The van der Waals surface area contributed by atoms with Crippen molar-refractivity contribution in [2.45, 2.75) is 18.9 Å². The summed E-state index contributed by atoms with van der Waals surface area (Å²) in [5.41, 5.74) is 1.09. The average molecular weight is 446 g/mol. The summed E-state index contributed by atoms with van der Waals surface area (Å²) in [4.78, 5) is 24.2. The Morgan fingerprint density at radius 1 is 1.00 bits per heavy atom. The van der Waals surface area contributed by atoms with E-state index in [0.29, 0.717) is 46.5 Å². The zero-order chi connectivity index (χ0) is 22.6. The smallest absolute Gasteiger partial charge is 0.242 e. The Hall–Kier alpha value is -4.28. The van der Waals surface area contributed by atoms with Gasteiger partial charge in [0, 0.05) is 37.3 Å². The lowest BCUT2D eigenvalue weighted by molar-refractivity contribution is 0.360. The van der Waals surface area contributed by atoms with Crippen LogP contribution >= 0.6 is 0 Å². The highest BCUT2D eigenvalue weighted by atomic mass is 16.5. The molecule has 5 rings (SSSR count). The molecule has 0 spiro atoms. The van der Waals surface area contributed by atoms with Crippen molar-refractivity contribution in [2.75, 3.05) is 31.0 Å². The molecule has 1 N–H and O–H groups in total. The molecule has 0 amide bonds. The highest BCUT2D eigenvalue weighted by Crippen LogP contribution is 2.37. The molecule has 4 aromatic heterocycles. The number of rotatable bonds is 7. The van der Waals surface area contributed by atoms with Crippen molar-refractivity contribution < 1.29 is 14.0 Å². The van der Waals surface area contributed by atoms with E-state index in [2.05, 4.69) is 35.3 Å². The lowest BCUT2D eigenvalue weighted by Gasteiger charge is -2.23. The minimum Gasteiger partial charge on any atom is -0.481 e. The maximum Gasteiger partial charge on any atom is 0.242 e. The van der Waals surface area contributed by atoms with Gasteiger partial charge in [-0.2, -0.15) is 9.97 Å². The molecule has 1 saturated heterocycles. The van der Waals surface area contributed by atoms with Gasteiger partial charge in [-0.3, -0.25) is 0 Å². The van der Waals surface area contributed by atoms with Crippen molar-refractivity contribution in [3.8, 4) is 23.1 Å². The molecule has 168 valence electrons. The summed E-state index contributed by atoms with van der Waals surface area (Å²) in [5.74, 6) is 3.34. The fraction of sp³-hybridized carbons (Fsp3) is 0.273. The summed E-state index contributed by atoms with van der Waals surface area (Å²) in [6.45, 7) is 0.769. The summed E-state index contributed by atoms with van der Waals surface area (Å²) in [6, 6.07) is 9.14. The van der Waals surface area contributed by atoms with Gasteiger partial charge in [0.25, 0.3) is 0 Å². The molecule has 0 radical (unpaired) electrons. The van der Waals surface area contributed by atoms with E-state index in [1.54, 1.807) is 38.9 Å². The molecule has 4 aromatic rings. The van der Waals surface area contributed by atoms with Gasteiger partial charge in [0.2, 0.25) is 17.7 Å². The standard InChI is InChI=1S/C22H22N8O3/c1-31-19-13-18(26-17-7-3-4-8-23-17)27-22(28-19)30-11-5-6-15(30)16-12-14(29-33-16)20-21(32-2)25-10-9-24-20/h3-4,7-10,12-13,15H,5-6,11H2,1-2H3,(H,23,26,27,28). The molecule has 0 aliphatic carbocycles. The molecule has 0 aromatic carbocycles. The van der Waals surface area contributed by atoms with E-state index < -0.39 is 0 Å². The minimum atomic E-state index is -0.0799. The van der Waals surface area contributed by atoms with Gasteiger partial charge in [0.15, 0.2) is 11.5 Å². The van der Waals surface area contributed by atoms with Crippen molar-refractivity contribution in [1.82, 2.24) is 30.1 Å². The fourth-order valence-electron chi connectivity index (χ4n) is 3.79. The van der Waals surface area contributed by atoms with E-state index in [0.717, 1.165) is 19.4 Å². The van der Waals surface area contributed by atoms with E-state index in [-0.39, 0.29) is 6.04 Å². The van der Waals surface area contributed by atoms with Gasteiger partial charge in [-0.05, 0) is 25.0 Å². The Bertz CT molecular complexity index is 1230. The Balaban J connectivity index is 1.44. The molecular formula is C22H22N8O3. The second-order valence-electron chi connectivity index (χ2n) is 7.32. The van der Waals surface area contributed by atoms with Gasteiger partial charge in [-0.1, -0.05) is 11.2 Å². The number of methoxy groups -OCH3 is 2. The number of anilines is 3. The maximum atomic E-state index is 5.71. The normalized spacial score (nSPS) is 15.5. The molecule has 5 heterocycles. The molecule has 1 fully saturated rings. The first-order valence-corrected chi connectivity index (χ1v) is 10.4. The first-order chi connectivity index (χ1) is 16.2. The van der Waals surface area contributed by atoms with Crippen LogP contribution in [0, 0.1) is 0 Å².